The molecular formula is C31H37N3O4S. The number of hydrogen-bond acceptors (Lipinski definition) is 5. The van der Waals surface area contributed by atoms with Crippen LogP contribution in [0.3, 0.4) is 0 Å². The van der Waals surface area contributed by atoms with Gasteiger partial charge < -0.3 is 9.64 Å². The van der Waals surface area contributed by atoms with Crippen LogP contribution in [0.25, 0.3) is 0 Å². The Morgan fingerprint density at radius 2 is 1.31 bits per heavy atom. The zero-order valence-corrected chi connectivity index (χ0v) is 23.4. The molecule has 0 atom stereocenters. The number of methoxy groups -OCH3 is 1. The second kappa shape index (κ2) is 12.3. The summed E-state index contributed by atoms with van der Waals surface area (Å²) in [4.78, 5) is 17.7. The number of nitrogens with zero attached hydrogens (tertiary/aromatic N) is 3. The van der Waals surface area contributed by atoms with Gasteiger partial charge in [-0.3, -0.25) is 9.69 Å². The smallest absolute Gasteiger partial charge is 0.257 e. The van der Waals surface area contributed by atoms with E-state index in [4.69, 9.17) is 4.74 Å². The maximum Gasteiger partial charge on any atom is 0.257 e. The lowest BCUT2D eigenvalue weighted by Crippen LogP contribution is -2.49. The van der Waals surface area contributed by atoms with E-state index in [0.717, 1.165) is 25.7 Å². The lowest BCUT2D eigenvalue weighted by molar-refractivity contribution is 0.0758. The van der Waals surface area contributed by atoms with Crippen molar-refractivity contribution in [1.82, 2.24) is 14.1 Å². The summed E-state index contributed by atoms with van der Waals surface area (Å²) in [5.41, 5.74) is 2.69. The van der Waals surface area contributed by atoms with Crippen molar-refractivity contribution >= 4 is 15.9 Å². The number of carbonyl (C=O) groups is 1. The van der Waals surface area contributed by atoms with Crippen LogP contribution in [0, 0.1) is 0 Å². The van der Waals surface area contributed by atoms with Gasteiger partial charge >= 0.3 is 0 Å². The summed E-state index contributed by atoms with van der Waals surface area (Å²) < 4.78 is 34.5. The zero-order valence-electron chi connectivity index (χ0n) is 22.5. The van der Waals surface area contributed by atoms with Gasteiger partial charge in [-0.25, -0.2) is 8.42 Å². The molecule has 206 valence electrons. The molecule has 0 radical (unpaired) electrons. The van der Waals surface area contributed by atoms with E-state index in [1.54, 1.807) is 16.4 Å². The van der Waals surface area contributed by atoms with Gasteiger partial charge in [-0.1, -0.05) is 73.5 Å². The average Bonchev–Trinajstić information content (AvgIpc) is 3.28. The molecule has 0 saturated carbocycles. The normalized spacial score (nSPS) is 17.6. The van der Waals surface area contributed by atoms with E-state index in [9.17, 15) is 13.2 Å². The molecule has 2 fully saturated rings. The predicted octanol–water partition coefficient (Wildman–Crippen LogP) is 4.81. The second-order valence-corrected chi connectivity index (χ2v) is 12.2. The molecule has 3 aromatic carbocycles. The van der Waals surface area contributed by atoms with Crippen LogP contribution in [-0.2, 0) is 10.0 Å². The van der Waals surface area contributed by atoms with Crippen molar-refractivity contribution in [1.29, 1.82) is 0 Å². The fourth-order valence-corrected chi connectivity index (χ4v) is 7.14. The van der Waals surface area contributed by atoms with Gasteiger partial charge in [0.05, 0.1) is 23.6 Å². The molecule has 0 unspecified atom stereocenters. The molecule has 3 aromatic rings. The fraction of sp³-hybridized carbons (Fsp3) is 0.387. The van der Waals surface area contributed by atoms with Crippen LogP contribution in [0.2, 0.25) is 0 Å². The van der Waals surface area contributed by atoms with Crippen LogP contribution in [0.1, 0.15) is 53.2 Å². The van der Waals surface area contributed by atoms with Crippen LogP contribution < -0.4 is 4.74 Å². The number of sulfonamides is 1. The van der Waals surface area contributed by atoms with Crippen LogP contribution >= 0.6 is 0 Å². The minimum absolute atomic E-state index is 0.0519. The fourth-order valence-electron chi connectivity index (χ4n) is 5.69. The van der Waals surface area contributed by atoms with Crippen molar-refractivity contribution < 1.29 is 17.9 Å². The maximum absolute atomic E-state index is 13.8. The van der Waals surface area contributed by atoms with Crippen molar-refractivity contribution in [3.05, 3.63) is 95.6 Å². The molecule has 2 heterocycles. The van der Waals surface area contributed by atoms with Gasteiger partial charge in [0.15, 0.2) is 0 Å². The van der Waals surface area contributed by atoms with E-state index in [1.807, 2.05) is 41.3 Å². The van der Waals surface area contributed by atoms with Crippen LogP contribution in [0.4, 0.5) is 0 Å². The standard InChI is InChI=1S/C31H37N3O4S/c1-38-29-17-16-27(24-28(29)31(35)33-18-10-2-3-11-19-33)39(36,37)34-22-20-32(21-23-34)30(25-12-6-4-7-13-25)26-14-8-5-9-15-26/h4-9,12-17,24,30H,2-3,10-11,18-23H2,1H3. The lowest BCUT2D eigenvalue weighted by atomic mass is 9.96. The molecule has 7 nitrogen and oxygen atoms in total. The third-order valence-corrected chi connectivity index (χ3v) is 9.70. The van der Waals surface area contributed by atoms with Crippen LogP contribution in [-0.4, -0.2) is 74.8 Å². The first-order valence-corrected chi connectivity index (χ1v) is 15.2. The lowest BCUT2D eigenvalue weighted by Gasteiger charge is -2.39. The molecule has 0 N–H and O–H groups in total. The molecule has 0 aromatic heterocycles. The quantitative estimate of drug-likeness (QED) is 0.425. The third kappa shape index (κ3) is 6.03. The third-order valence-electron chi connectivity index (χ3n) is 7.80. The Labute approximate surface area is 232 Å². The molecule has 0 aliphatic carbocycles. The minimum Gasteiger partial charge on any atom is -0.496 e. The highest BCUT2D eigenvalue weighted by molar-refractivity contribution is 7.89. The van der Waals surface area contributed by atoms with E-state index < -0.39 is 10.0 Å². The first-order valence-electron chi connectivity index (χ1n) is 13.8. The first kappa shape index (κ1) is 27.4. The van der Waals surface area contributed by atoms with E-state index in [0.29, 0.717) is 50.6 Å². The Balaban J connectivity index is 1.35. The van der Waals surface area contributed by atoms with Crippen LogP contribution in [0.5, 0.6) is 5.75 Å². The van der Waals surface area contributed by atoms with Crippen molar-refractivity contribution in [3.8, 4) is 5.75 Å². The average molecular weight is 548 g/mol. The van der Waals surface area contributed by atoms with Gasteiger partial charge in [0.2, 0.25) is 10.0 Å². The van der Waals surface area contributed by atoms with Crippen LogP contribution in [0.15, 0.2) is 83.8 Å². The van der Waals surface area contributed by atoms with Gasteiger partial charge in [0.25, 0.3) is 5.91 Å². The summed E-state index contributed by atoms with van der Waals surface area (Å²) in [6.07, 6.45) is 4.14. The molecule has 2 aliphatic rings. The van der Waals surface area contributed by atoms with E-state index in [1.165, 1.54) is 24.3 Å². The molecule has 0 bridgehead atoms. The molecule has 5 rings (SSSR count). The molecule has 2 saturated heterocycles. The zero-order chi connectivity index (χ0) is 27.2. The topological polar surface area (TPSA) is 70.2 Å². The van der Waals surface area contributed by atoms with Gasteiger partial charge in [-0.05, 0) is 42.2 Å². The molecule has 0 spiro atoms. The molecule has 39 heavy (non-hydrogen) atoms. The predicted molar refractivity (Wildman–Crippen MR) is 152 cm³/mol. The summed E-state index contributed by atoms with van der Waals surface area (Å²) in [5, 5.41) is 0. The second-order valence-electron chi connectivity index (χ2n) is 10.2. The summed E-state index contributed by atoms with van der Waals surface area (Å²) in [6, 6.07) is 25.4. The van der Waals surface area contributed by atoms with Crippen molar-refractivity contribution in [2.75, 3.05) is 46.4 Å². The summed E-state index contributed by atoms with van der Waals surface area (Å²) in [7, 11) is -2.27. The Bertz CT molecular complexity index is 1310. The van der Waals surface area contributed by atoms with E-state index in [-0.39, 0.29) is 16.8 Å². The number of ether oxygens (including phenoxy) is 1. The number of rotatable bonds is 7. The van der Waals surface area contributed by atoms with Gasteiger partial charge in [0, 0.05) is 39.3 Å². The minimum atomic E-state index is -3.78. The molecule has 1 amide bonds. The SMILES string of the molecule is COc1ccc(S(=O)(=O)N2CCN(C(c3ccccc3)c3ccccc3)CC2)cc1C(=O)N1CCCCCC1. The Kier molecular flexibility index (Phi) is 8.65. The van der Waals surface area contributed by atoms with E-state index >= 15 is 0 Å². The maximum atomic E-state index is 13.8. The number of carbonyl (C=O) groups excluding carboxylic acids is 1. The summed E-state index contributed by atoms with van der Waals surface area (Å²) >= 11 is 0. The van der Waals surface area contributed by atoms with Crippen molar-refractivity contribution in [2.45, 2.75) is 36.6 Å². The first-order chi connectivity index (χ1) is 19.0. The number of hydrogen-bond donors (Lipinski definition) is 0. The van der Waals surface area contributed by atoms with E-state index in [2.05, 4.69) is 29.2 Å². The Morgan fingerprint density at radius 1 is 0.744 bits per heavy atom. The number of piperazine rings is 1. The Morgan fingerprint density at radius 3 is 1.85 bits per heavy atom. The van der Waals surface area contributed by atoms with Gasteiger partial charge in [0.1, 0.15) is 5.75 Å². The summed E-state index contributed by atoms with van der Waals surface area (Å²) in [6.45, 7) is 3.32. The largest absolute Gasteiger partial charge is 0.496 e. The van der Waals surface area contributed by atoms with Crippen molar-refractivity contribution in [3.63, 3.8) is 0 Å². The highest BCUT2D eigenvalue weighted by atomic mass is 32.2. The van der Waals surface area contributed by atoms with Gasteiger partial charge in [-0.2, -0.15) is 4.31 Å². The number of likely N-dealkylation sites (tertiary alicyclic amines) is 1. The summed E-state index contributed by atoms with van der Waals surface area (Å²) in [5.74, 6) is 0.241. The molecule has 2 aliphatic heterocycles. The molecule has 8 heteroatoms. The Hall–Kier alpha value is -3.20. The van der Waals surface area contributed by atoms with Gasteiger partial charge in [-0.15, -0.1) is 0 Å². The van der Waals surface area contributed by atoms with Crippen molar-refractivity contribution in [2.24, 2.45) is 0 Å². The number of benzene rings is 3. The highest BCUT2D eigenvalue weighted by Gasteiger charge is 2.33. The molecular weight excluding hydrogens is 510 g/mol. The number of amides is 1. The monoisotopic (exact) mass is 547 g/mol. The highest BCUT2D eigenvalue weighted by Crippen LogP contribution is 2.31.